The largest absolute Gasteiger partial charge is 0.458 e. The summed E-state index contributed by atoms with van der Waals surface area (Å²) >= 11 is 3.12. The van der Waals surface area contributed by atoms with E-state index in [2.05, 4.69) is 20.9 Å². The molecule has 0 amide bonds. The van der Waals surface area contributed by atoms with E-state index in [0.717, 1.165) is 5.76 Å². The standard InChI is InChI=1S/C8H6BrNO2/c1-5-2-3-6(11-5)7-4-10-8(9)12-7/h2-4H,1H3. The molecule has 0 bridgehead atoms. The Morgan fingerprint density at radius 1 is 1.25 bits per heavy atom. The summed E-state index contributed by atoms with van der Waals surface area (Å²) in [5, 5.41) is 0. The van der Waals surface area contributed by atoms with Crippen molar-refractivity contribution in [2.24, 2.45) is 0 Å². The number of rotatable bonds is 1. The van der Waals surface area contributed by atoms with Crippen LogP contribution < -0.4 is 0 Å². The van der Waals surface area contributed by atoms with E-state index >= 15 is 0 Å². The lowest BCUT2D eigenvalue weighted by atomic mass is 10.4. The molecule has 4 heteroatoms. The van der Waals surface area contributed by atoms with Crippen molar-refractivity contribution in [2.75, 3.05) is 0 Å². The van der Waals surface area contributed by atoms with Gasteiger partial charge in [-0.05, 0) is 19.1 Å². The van der Waals surface area contributed by atoms with E-state index in [1.807, 2.05) is 19.1 Å². The van der Waals surface area contributed by atoms with Crippen LogP contribution in [0.25, 0.3) is 11.5 Å². The lowest BCUT2D eigenvalue weighted by Gasteiger charge is -1.86. The summed E-state index contributed by atoms with van der Waals surface area (Å²) in [4.78, 5) is 4.36. The molecule has 2 heterocycles. The van der Waals surface area contributed by atoms with Gasteiger partial charge < -0.3 is 8.83 Å². The highest BCUT2D eigenvalue weighted by atomic mass is 79.9. The van der Waals surface area contributed by atoms with Crippen molar-refractivity contribution in [2.45, 2.75) is 6.92 Å². The predicted octanol–water partition coefficient (Wildman–Crippen LogP) is 3.01. The van der Waals surface area contributed by atoms with E-state index in [0.29, 0.717) is 16.3 Å². The first kappa shape index (κ1) is 7.61. The quantitative estimate of drug-likeness (QED) is 0.752. The van der Waals surface area contributed by atoms with Crippen LogP contribution >= 0.6 is 15.9 Å². The molecule has 0 saturated carbocycles. The smallest absolute Gasteiger partial charge is 0.264 e. The molecule has 0 aliphatic heterocycles. The summed E-state index contributed by atoms with van der Waals surface area (Å²) in [5.74, 6) is 2.19. The van der Waals surface area contributed by atoms with Gasteiger partial charge in [0.2, 0.25) is 0 Å². The summed E-state index contributed by atoms with van der Waals surface area (Å²) in [6.45, 7) is 1.88. The highest BCUT2D eigenvalue weighted by Gasteiger charge is 2.07. The van der Waals surface area contributed by atoms with Crippen molar-refractivity contribution >= 4 is 15.9 Å². The fourth-order valence-corrected chi connectivity index (χ4v) is 1.21. The fourth-order valence-electron chi connectivity index (χ4n) is 0.934. The molecular weight excluding hydrogens is 222 g/mol. The first-order valence-electron chi connectivity index (χ1n) is 3.44. The van der Waals surface area contributed by atoms with Gasteiger partial charge in [0.1, 0.15) is 5.76 Å². The normalized spacial score (nSPS) is 10.5. The summed E-state index contributed by atoms with van der Waals surface area (Å²) in [6.07, 6.45) is 1.61. The Bertz CT molecular complexity index is 353. The second-order valence-corrected chi connectivity index (χ2v) is 3.07. The maximum Gasteiger partial charge on any atom is 0.264 e. The molecule has 3 nitrogen and oxygen atoms in total. The molecule has 2 aromatic rings. The number of nitrogens with zero attached hydrogens (tertiary/aromatic N) is 1. The SMILES string of the molecule is Cc1ccc(-c2cnc(Br)o2)o1. The lowest BCUT2D eigenvalue weighted by molar-refractivity contribution is 0.492. The van der Waals surface area contributed by atoms with Crippen LogP contribution in [0.5, 0.6) is 0 Å². The average Bonchev–Trinajstić information content (AvgIpc) is 2.58. The first-order chi connectivity index (χ1) is 5.75. The van der Waals surface area contributed by atoms with Gasteiger partial charge in [0.25, 0.3) is 4.80 Å². The molecule has 0 spiro atoms. The Morgan fingerprint density at radius 3 is 2.58 bits per heavy atom. The van der Waals surface area contributed by atoms with Crippen LogP contribution in [-0.4, -0.2) is 4.98 Å². The minimum atomic E-state index is 0.464. The summed E-state index contributed by atoms with van der Waals surface area (Å²) in [5.41, 5.74) is 0. The van der Waals surface area contributed by atoms with Crippen LogP contribution in [0, 0.1) is 6.92 Å². The van der Waals surface area contributed by atoms with Crippen molar-refractivity contribution in [3.8, 4) is 11.5 Å². The molecule has 62 valence electrons. The first-order valence-corrected chi connectivity index (χ1v) is 4.23. The molecule has 0 fully saturated rings. The molecule has 0 aromatic carbocycles. The van der Waals surface area contributed by atoms with Crippen molar-refractivity contribution in [1.82, 2.24) is 4.98 Å². The van der Waals surface area contributed by atoms with Gasteiger partial charge in [-0.25, -0.2) is 4.98 Å². The third-order valence-corrected chi connectivity index (χ3v) is 1.83. The van der Waals surface area contributed by atoms with Crippen LogP contribution in [0.2, 0.25) is 0 Å². The highest BCUT2D eigenvalue weighted by Crippen LogP contribution is 2.24. The van der Waals surface area contributed by atoms with E-state index in [4.69, 9.17) is 8.83 Å². The third kappa shape index (κ3) is 1.30. The molecule has 0 radical (unpaired) electrons. The van der Waals surface area contributed by atoms with Gasteiger partial charge in [-0.15, -0.1) is 0 Å². The zero-order chi connectivity index (χ0) is 8.55. The van der Waals surface area contributed by atoms with Gasteiger partial charge in [-0.1, -0.05) is 0 Å². The second kappa shape index (κ2) is 2.79. The van der Waals surface area contributed by atoms with E-state index in [9.17, 15) is 0 Å². The Hall–Kier alpha value is -1.03. The van der Waals surface area contributed by atoms with Crippen LogP contribution in [0.3, 0.4) is 0 Å². The number of furan rings is 1. The van der Waals surface area contributed by atoms with Gasteiger partial charge in [0.05, 0.1) is 6.20 Å². The Labute approximate surface area is 77.5 Å². The number of halogens is 1. The summed E-state index contributed by atoms with van der Waals surface area (Å²) in [7, 11) is 0. The Kier molecular flexibility index (Phi) is 1.77. The molecule has 0 unspecified atom stereocenters. The van der Waals surface area contributed by atoms with E-state index < -0.39 is 0 Å². The van der Waals surface area contributed by atoms with Crippen LogP contribution in [-0.2, 0) is 0 Å². The molecule has 2 aromatic heterocycles. The van der Waals surface area contributed by atoms with Gasteiger partial charge >= 0.3 is 0 Å². The topological polar surface area (TPSA) is 39.2 Å². The van der Waals surface area contributed by atoms with Crippen LogP contribution in [0.1, 0.15) is 5.76 Å². The Balaban J connectivity index is 2.43. The van der Waals surface area contributed by atoms with E-state index in [-0.39, 0.29) is 0 Å². The Morgan fingerprint density at radius 2 is 2.08 bits per heavy atom. The van der Waals surface area contributed by atoms with Crippen molar-refractivity contribution in [1.29, 1.82) is 0 Å². The zero-order valence-electron chi connectivity index (χ0n) is 6.37. The summed E-state index contributed by atoms with van der Waals surface area (Å²) < 4.78 is 10.5. The number of hydrogen-bond acceptors (Lipinski definition) is 3. The number of aryl methyl sites for hydroxylation is 1. The molecular formula is C8H6BrNO2. The molecule has 0 atom stereocenters. The third-order valence-electron chi connectivity index (χ3n) is 1.46. The predicted molar refractivity (Wildman–Crippen MR) is 46.6 cm³/mol. The molecule has 0 N–H and O–H groups in total. The molecule has 0 saturated heterocycles. The van der Waals surface area contributed by atoms with Crippen molar-refractivity contribution < 1.29 is 8.83 Å². The molecule has 12 heavy (non-hydrogen) atoms. The second-order valence-electron chi connectivity index (χ2n) is 2.39. The minimum Gasteiger partial charge on any atom is -0.458 e. The van der Waals surface area contributed by atoms with E-state index in [1.165, 1.54) is 0 Å². The maximum absolute atomic E-state index is 5.33. The maximum atomic E-state index is 5.33. The monoisotopic (exact) mass is 227 g/mol. The van der Waals surface area contributed by atoms with Crippen molar-refractivity contribution in [3.05, 3.63) is 28.9 Å². The highest BCUT2D eigenvalue weighted by molar-refractivity contribution is 9.10. The minimum absolute atomic E-state index is 0.464. The molecule has 0 aliphatic carbocycles. The summed E-state index contributed by atoms with van der Waals surface area (Å²) in [6, 6.07) is 3.73. The number of aromatic nitrogens is 1. The van der Waals surface area contributed by atoms with E-state index in [1.54, 1.807) is 6.20 Å². The zero-order valence-corrected chi connectivity index (χ0v) is 7.96. The van der Waals surface area contributed by atoms with Gasteiger partial charge in [0.15, 0.2) is 11.5 Å². The fraction of sp³-hybridized carbons (Fsp3) is 0.125. The van der Waals surface area contributed by atoms with Crippen LogP contribution in [0.4, 0.5) is 0 Å². The molecule has 2 rings (SSSR count). The molecule has 0 aliphatic rings. The number of hydrogen-bond donors (Lipinski definition) is 0. The van der Waals surface area contributed by atoms with Gasteiger partial charge in [-0.2, -0.15) is 0 Å². The number of oxazole rings is 1. The van der Waals surface area contributed by atoms with Crippen molar-refractivity contribution in [3.63, 3.8) is 0 Å². The average molecular weight is 228 g/mol. The van der Waals surface area contributed by atoms with Crippen LogP contribution in [0.15, 0.2) is 32.0 Å². The van der Waals surface area contributed by atoms with Gasteiger partial charge in [0, 0.05) is 15.9 Å². The van der Waals surface area contributed by atoms with Gasteiger partial charge in [-0.3, -0.25) is 0 Å². The lowest BCUT2D eigenvalue weighted by Crippen LogP contribution is -1.63.